The van der Waals surface area contributed by atoms with E-state index in [1.54, 1.807) is 35.2 Å². The number of carbonyl (C=O) groups excluding carboxylic acids is 1. The van der Waals surface area contributed by atoms with Crippen molar-refractivity contribution >= 4 is 25.2 Å². The van der Waals surface area contributed by atoms with Crippen molar-refractivity contribution in [3.63, 3.8) is 0 Å². The van der Waals surface area contributed by atoms with Crippen molar-refractivity contribution < 1.29 is 4.79 Å². The van der Waals surface area contributed by atoms with Gasteiger partial charge in [-0.15, -0.1) is 0 Å². The summed E-state index contributed by atoms with van der Waals surface area (Å²) in [5.41, 5.74) is 0.605. The molecule has 0 unspecified atom stereocenters. The van der Waals surface area contributed by atoms with Crippen LogP contribution in [0.15, 0.2) is 18.3 Å². The topological polar surface area (TPSA) is 36.4 Å². The first-order chi connectivity index (χ1) is 6.68. The molecule has 5 heteroatoms. The molecule has 1 aliphatic heterocycles. The second-order valence-electron chi connectivity index (χ2n) is 3.31. The van der Waals surface area contributed by atoms with E-state index in [-0.39, 0.29) is 6.03 Å². The molecule has 1 fully saturated rings. The summed E-state index contributed by atoms with van der Waals surface area (Å²) < 4.78 is 0. The van der Waals surface area contributed by atoms with Crippen LogP contribution in [0.4, 0.5) is 10.6 Å². The van der Waals surface area contributed by atoms with Gasteiger partial charge in [-0.2, -0.15) is 0 Å². The molecule has 2 heterocycles. The minimum atomic E-state index is -0.0118. The molecule has 0 saturated carbocycles. The van der Waals surface area contributed by atoms with Crippen LogP contribution in [0.1, 0.15) is 0 Å². The molecule has 1 aromatic heterocycles. The van der Waals surface area contributed by atoms with E-state index < -0.39 is 0 Å². The van der Waals surface area contributed by atoms with Crippen molar-refractivity contribution in [2.75, 3.05) is 25.0 Å². The van der Waals surface area contributed by atoms with Crippen LogP contribution < -0.4 is 10.4 Å². The molecule has 4 nitrogen and oxygen atoms in total. The van der Waals surface area contributed by atoms with E-state index in [4.69, 9.17) is 7.85 Å². The highest BCUT2D eigenvalue weighted by atomic mass is 16.2. The lowest BCUT2D eigenvalue weighted by atomic mass is 9.99. The second-order valence-corrected chi connectivity index (χ2v) is 3.31. The molecule has 1 saturated heterocycles. The van der Waals surface area contributed by atoms with Gasteiger partial charge in [0.25, 0.3) is 0 Å². The fourth-order valence-corrected chi connectivity index (χ4v) is 1.42. The third kappa shape index (κ3) is 1.45. The summed E-state index contributed by atoms with van der Waals surface area (Å²) in [7, 11) is 7.29. The maximum atomic E-state index is 11.6. The Morgan fingerprint density at radius 1 is 1.43 bits per heavy atom. The molecule has 70 valence electrons. The highest BCUT2D eigenvalue weighted by Crippen LogP contribution is 2.14. The number of aromatic nitrogens is 1. The Morgan fingerprint density at radius 3 is 2.71 bits per heavy atom. The standard InChI is InChI=1S/C9H10BN3O/c1-12-4-5-13(9(12)14)8-3-2-7(10)6-11-8/h2-3,6H,4-5H2,1H3. The number of hydrogen-bond donors (Lipinski definition) is 0. The van der Waals surface area contributed by atoms with Crippen molar-refractivity contribution in [3.8, 4) is 0 Å². The lowest BCUT2D eigenvalue weighted by Crippen LogP contribution is -2.30. The number of hydrogen-bond acceptors (Lipinski definition) is 2. The Hall–Kier alpha value is -1.52. The number of carbonyl (C=O) groups is 1. The van der Waals surface area contributed by atoms with Crippen LogP contribution in [0.5, 0.6) is 0 Å². The van der Waals surface area contributed by atoms with Crippen LogP contribution in [0.2, 0.25) is 0 Å². The van der Waals surface area contributed by atoms with Crippen LogP contribution in [0.25, 0.3) is 0 Å². The lowest BCUT2D eigenvalue weighted by molar-refractivity contribution is 0.229. The molecule has 2 radical (unpaired) electrons. The Morgan fingerprint density at radius 2 is 2.21 bits per heavy atom. The lowest BCUT2D eigenvalue weighted by Gasteiger charge is -2.14. The van der Waals surface area contributed by atoms with Crippen LogP contribution in [-0.4, -0.2) is 43.9 Å². The summed E-state index contributed by atoms with van der Waals surface area (Å²) in [5.74, 6) is 0.661. The van der Waals surface area contributed by atoms with Crippen molar-refractivity contribution in [2.24, 2.45) is 0 Å². The van der Waals surface area contributed by atoms with Gasteiger partial charge in [-0.1, -0.05) is 11.5 Å². The summed E-state index contributed by atoms with van der Waals surface area (Å²) in [5, 5.41) is 0. The first-order valence-corrected chi connectivity index (χ1v) is 4.42. The van der Waals surface area contributed by atoms with E-state index >= 15 is 0 Å². The number of pyridine rings is 1. The van der Waals surface area contributed by atoms with Crippen molar-refractivity contribution in [3.05, 3.63) is 18.3 Å². The fourth-order valence-electron chi connectivity index (χ4n) is 1.42. The van der Waals surface area contributed by atoms with Crippen LogP contribution in [-0.2, 0) is 0 Å². The summed E-state index contributed by atoms with van der Waals surface area (Å²) in [6.07, 6.45) is 1.56. The zero-order valence-corrected chi connectivity index (χ0v) is 7.97. The third-order valence-electron chi connectivity index (χ3n) is 2.26. The van der Waals surface area contributed by atoms with Gasteiger partial charge in [0, 0.05) is 26.3 Å². The molecule has 0 aromatic carbocycles. The van der Waals surface area contributed by atoms with Gasteiger partial charge in [-0.25, -0.2) is 9.78 Å². The molecule has 0 aliphatic carbocycles. The average molecular weight is 187 g/mol. The quantitative estimate of drug-likeness (QED) is 0.568. The summed E-state index contributed by atoms with van der Waals surface area (Å²) in [6, 6.07) is 3.49. The van der Waals surface area contributed by atoms with Gasteiger partial charge < -0.3 is 4.90 Å². The van der Waals surface area contributed by atoms with Gasteiger partial charge in [-0.3, -0.25) is 4.90 Å². The molecule has 14 heavy (non-hydrogen) atoms. The minimum absolute atomic E-state index is 0.0118. The molecular formula is C9H10BN3O. The number of amides is 2. The summed E-state index contributed by atoms with van der Waals surface area (Å²) in [6.45, 7) is 1.43. The van der Waals surface area contributed by atoms with Crippen molar-refractivity contribution in [1.29, 1.82) is 0 Å². The van der Waals surface area contributed by atoms with Gasteiger partial charge in [0.2, 0.25) is 0 Å². The zero-order chi connectivity index (χ0) is 10.1. The highest BCUT2D eigenvalue weighted by molar-refractivity contribution is 6.32. The molecule has 0 atom stereocenters. The first kappa shape index (κ1) is 9.06. The number of nitrogens with zero attached hydrogens (tertiary/aromatic N) is 3. The fraction of sp³-hybridized carbons (Fsp3) is 0.333. The second kappa shape index (κ2) is 3.33. The number of anilines is 1. The Bertz CT molecular complexity index is 352. The van der Waals surface area contributed by atoms with Crippen molar-refractivity contribution in [2.45, 2.75) is 0 Å². The van der Waals surface area contributed by atoms with E-state index in [1.165, 1.54) is 0 Å². The first-order valence-electron chi connectivity index (χ1n) is 4.42. The molecule has 2 amide bonds. The highest BCUT2D eigenvalue weighted by Gasteiger charge is 2.26. The van der Waals surface area contributed by atoms with E-state index in [1.807, 2.05) is 0 Å². The molecule has 1 aliphatic rings. The molecule has 2 rings (SSSR count). The smallest absolute Gasteiger partial charge is 0.325 e. The number of urea groups is 1. The minimum Gasteiger partial charge on any atom is -0.326 e. The molecule has 1 aromatic rings. The molecular weight excluding hydrogens is 177 g/mol. The van der Waals surface area contributed by atoms with Gasteiger partial charge in [0.15, 0.2) is 0 Å². The predicted molar refractivity (Wildman–Crippen MR) is 55.0 cm³/mol. The summed E-state index contributed by atoms with van der Waals surface area (Å²) in [4.78, 5) is 19.0. The molecule has 0 N–H and O–H groups in total. The van der Waals surface area contributed by atoms with E-state index in [2.05, 4.69) is 4.98 Å². The van der Waals surface area contributed by atoms with Gasteiger partial charge in [0.05, 0.1) is 0 Å². The predicted octanol–water partition coefficient (Wildman–Crippen LogP) is -0.253. The normalized spacial score (nSPS) is 16.5. The maximum absolute atomic E-state index is 11.6. The van der Waals surface area contributed by atoms with E-state index in [9.17, 15) is 4.79 Å². The van der Waals surface area contributed by atoms with Crippen molar-refractivity contribution in [1.82, 2.24) is 9.88 Å². The third-order valence-corrected chi connectivity index (χ3v) is 2.26. The number of likely N-dealkylation sites (N-methyl/N-ethyl adjacent to an activating group) is 1. The maximum Gasteiger partial charge on any atom is 0.325 e. The van der Waals surface area contributed by atoms with E-state index in [0.29, 0.717) is 17.8 Å². The average Bonchev–Trinajstić information content (AvgIpc) is 2.50. The SMILES string of the molecule is [B]c1ccc(N2CCN(C)C2=O)nc1. The Labute approximate surface area is 83.9 Å². The van der Waals surface area contributed by atoms with E-state index in [0.717, 1.165) is 6.54 Å². The number of rotatable bonds is 1. The monoisotopic (exact) mass is 187 g/mol. The summed E-state index contributed by atoms with van der Waals surface area (Å²) >= 11 is 0. The van der Waals surface area contributed by atoms with Crippen LogP contribution in [0, 0.1) is 0 Å². The Kier molecular flexibility index (Phi) is 2.15. The van der Waals surface area contributed by atoms with Crippen LogP contribution in [0.3, 0.4) is 0 Å². The largest absolute Gasteiger partial charge is 0.326 e. The Balaban J connectivity index is 2.24. The van der Waals surface area contributed by atoms with Gasteiger partial charge in [0.1, 0.15) is 13.7 Å². The van der Waals surface area contributed by atoms with Gasteiger partial charge >= 0.3 is 6.03 Å². The zero-order valence-electron chi connectivity index (χ0n) is 7.97. The molecule has 0 spiro atoms. The van der Waals surface area contributed by atoms with Gasteiger partial charge in [-0.05, 0) is 6.07 Å². The molecule has 0 bridgehead atoms. The van der Waals surface area contributed by atoms with Crippen LogP contribution >= 0.6 is 0 Å².